The number of hydrogen-bond donors (Lipinski definition) is 1. The van der Waals surface area contributed by atoms with E-state index in [9.17, 15) is 8.42 Å². The maximum atomic E-state index is 11.3. The van der Waals surface area contributed by atoms with Crippen molar-refractivity contribution >= 4 is 15.5 Å². The molecule has 0 spiro atoms. The Balaban J connectivity index is 1.55. The number of anilines is 1. The monoisotopic (exact) mass is 292 g/mol. The molecule has 0 radical (unpaired) electrons. The summed E-state index contributed by atoms with van der Waals surface area (Å²) >= 11 is 0. The highest BCUT2D eigenvalue weighted by Gasteiger charge is 2.20. The Hall–Kier alpha value is -1.33. The summed E-state index contributed by atoms with van der Waals surface area (Å²) < 4.78 is 22.6. The summed E-state index contributed by atoms with van der Waals surface area (Å²) in [7, 11) is -2.97. The molecule has 1 fully saturated rings. The van der Waals surface area contributed by atoms with Gasteiger partial charge < -0.3 is 10.2 Å². The van der Waals surface area contributed by atoms with Crippen LogP contribution in [-0.4, -0.2) is 33.3 Å². The third-order valence-electron chi connectivity index (χ3n) is 3.91. The Morgan fingerprint density at radius 2 is 1.85 bits per heavy atom. The summed E-state index contributed by atoms with van der Waals surface area (Å²) in [4.78, 5) is 2.41. The van der Waals surface area contributed by atoms with Crippen molar-refractivity contribution in [3.8, 4) is 0 Å². The first kappa shape index (κ1) is 13.6. The fraction of sp³-hybridized carbons (Fsp3) is 0.467. The summed E-state index contributed by atoms with van der Waals surface area (Å²) in [5, 5.41) is 4.57. The molecule has 0 aromatic heterocycles. The van der Waals surface area contributed by atoms with Gasteiger partial charge in [0.15, 0.2) is 9.84 Å². The first-order valence-electron chi connectivity index (χ1n) is 7.11. The zero-order valence-electron chi connectivity index (χ0n) is 11.5. The molecular weight excluding hydrogens is 272 g/mol. The van der Waals surface area contributed by atoms with Crippen LogP contribution < -0.4 is 10.2 Å². The molecule has 5 heteroatoms. The first-order chi connectivity index (χ1) is 9.62. The number of benzene rings is 1. The van der Waals surface area contributed by atoms with Crippen LogP contribution in [0, 0.1) is 0 Å². The van der Waals surface area contributed by atoms with Crippen molar-refractivity contribution in [1.82, 2.24) is 5.32 Å². The molecule has 3 rings (SSSR count). The van der Waals surface area contributed by atoms with E-state index in [2.05, 4.69) is 34.5 Å². The average Bonchev–Trinajstić information content (AvgIpc) is 3.06. The van der Waals surface area contributed by atoms with Crippen LogP contribution in [0.2, 0.25) is 0 Å². The third kappa shape index (κ3) is 3.22. The van der Waals surface area contributed by atoms with Crippen LogP contribution >= 0.6 is 0 Å². The molecule has 0 bridgehead atoms. The van der Waals surface area contributed by atoms with Gasteiger partial charge in [-0.1, -0.05) is 18.2 Å². The number of nitrogens with zero attached hydrogens (tertiary/aromatic N) is 1. The predicted octanol–water partition coefficient (Wildman–Crippen LogP) is 1.69. The Kier molecular flexibility index (Phi) is 3.81. The van der Waals surface area contributed by atoms with Crippen molar-refractivity contribution in [1.29, 1.82) is 0 Å². The molecule has 2 heterocycles. The standard InChI is InChI=1S/C15H20N2O2S/c18-20(19)10-7-14(12-20)16-11-13-3-5-15(6-4-13)17-8-1-2-9-17/h3-7,10,14,16H,1-2,8-9,11-12H2. The van der Waals surface area contributed by atoms with E-state index in [1.54, 1.807) is 6.08 Å². The van der Waals surface area contributed by atoms with Gasteiger partial charge in [-0.15, -0.1) is 0 Å². The van der Waals surface area contributed by atoms with E-state index in [1.807, 2.05) is 0 Å². The fourth-order valence-corrected chi connectivity index (χ4v) is 4.02. The molecule has 108 valence electrons. The van der Waals surface area contributed by atoms with Gasteiger partial charge >= 0.3 is 0 Å². The molecule has 2 aliphatic heterocycles. The Labute approximate surface area is 120 Å². The summed E-state index contributed by atoms with van der Waals surface area (Å²) in [5.41, 5.74) is 2.47. The molecule has 1 N–H and O–H groups in total. The van der Waals surface area contributed by atoms with Crippen LogP contribution in [0.25, 0.3) is 0 Å². The first-order valence-corrected chi connectivity index (χ1v) is 8.82. The van der Waals surface area contributed by atoms with E-state index < -0.39 is 9.84 Å². The minimum Gasteiger partial charge on any atom is -0.372 e. The lowest BCUT2D eigenvalue weighted by Gasteiger charge is -2.18. The van der Waals surface area contributed by atoms with Crippen molar-refractivity contribution in [2.45, 2.75) is 25.4 Å². The molecule has 1 unspecified atom stereocenters. The average molecular weight is 292 g/mol. The molecule has 1 saturated heterocycles. The Morgan fingerprint density at radius 3 is 2.45 bits per heavy atom. The highest BCUT2D eigenvalue weighted by atomic mass is 32.2. The van der Waals surface area contributed by atoms with Gasteiger partial charge in [0.25, 0.3) is 0 Å². The van der Waals surface area contributed by atoms with Crippen molar-refractivity contribution in [3.63, 3.8) is 0 Å². The second kappa shape index (κ2) is 5.58. The Morgan fingerprint density at radius 1 is 1.15 bits per heavy atom. The quantitative estimate of drug-likeness (QED) is 0.917. The molecule has 1 atom stereocenters. The van der Waals surface area contributed by atoms with Crippen molar-refractivity contribution in [2.24, 2.45) is 0 Å². The van der Waals surface area contributed by atoms with Crippen LogP contribution in [0.5, 0.6) is 0 Å². The fourth-order valence-electron chi connectivity index (χ4n) is 2.75. The molecule has 4 nitrogen and oxygen atoms in total. The van der Waals surface area contributed by atoms with Crippen molar-refractivity contribution in [3.05, 3.63) is 41.3 Å². The zero-order valence-corrected chi connectivity index (χ0v) is 12.3. The normalized spacial score (nSPS) is 24.4. The molecule has 0 aliphatic carbocycles. The number of rotatable bonds is 4. The van der Waals surface area contributed by atoms with Gasteiger partial charge in [0.1, 0.15) is 0 Å². The van der Waals surface area contributed by atoms with E-state index in [0.717, 1.165) is 13.1 Å². The lowest BCUT2D eigenvalue weighted by Crippen LogP contribution is -2.29. The van der Waals surface area contributed by atoms with Gasteiger partial charge in [0, 0.05) is 36.8 Å². The number of sulfone groups is 1. The summed E-state index contributed by atoms with van der Waals surface area (Å²) in [6.07, 6.45) is 4.30. The highest BCUT2D eigenvalue weighted by molar-refractivity contribution is 7.94. The lowest BCUT2D eigenvalue weighted by atomic mass is 10.2. The van der Waals surface area contributed by atoms with E-state index in [1.165, 1.54) is 29.5 Å². The molecule has 0 saturated carbocycles. The molecule has 2 aliphatic rings. The smallest absolute Gasteiger partial charge is 0.173 e. The van der Waals surface area contributed by atoms with Gasteiger partial charge in [-0.05, 0) is 30.5 Å². The third-order valence-corrected chi connectivity index (χ3v) is 5.30. The molecular formula is C15H20N2O2S. The molecule has 0 amide bonds. The number of nitrogens with one attached hydrogen (secondary N) is 1. The number of hydrogen-bond acceptors (Lipinski definition) is 4. The zero-order chi connectivity index (χ0) is 14.0. The Bertz CT molecular complexity index is 587. The second-order valence-electron chi connectivity index (χ2n) is 5.51. The van der Waals surface area contributed by atoms with Crippen LogP contribution in [0.1, 0.15) is 18.4 Å². The van der Waals surface area contributed by atoms with E-state index in [4.69, 9.17) is 0 Å². The van der Waals surface area contributed by atoms with Crippen molar-refractivity contribution < 1.29 is 8.42 Å². The van der Waals surface area contributed by atoms with Crippen LogP contribution in [-0.2, 0) is 16.4 Å². The van der Waals surface area contributed by atoms with Gasteiger partial charge in [-0.3, -0.25) is 0 Å². The predicted molar refractivity (Wildman–Crippen MR) is 81.4 cm³/mol. The molecule has 1 aromatic carbocycles. The van der Waals surface area contributed by atoms with Crippen LogP contribution in [0.15, 0.2) is 35.7 Å². The summed E-state index contributed by atoms with van der Waals surface area (Å²) in [6, 6.07) is 8.49. The summed E-state index contributed by atoms with van der Waals surface area (Å²) in [6.45, 7) is 3.01. The van der Waals surface area contributed by atoms with Gasteiger partial charge in [-0.25, -0.2) is 8.42 Å². The lowest BCUT2D eigenvalue weighted by molar-refractivity contribution is 0.590. The minimum absolute atomic E-state index is 0.0572. The second-order valence-corrected chi connectivity index (χ2v) is 7.44. The maximum absolute atomic E-state index is 11.3. The SMILES string of the molecule is O=S1(=O)C=CC(NCc2ccc(N3CCCC3)cc2)C1. The largest absolute Gasteiger partial charge is 0.372 e. The molecule has 20 heavy (non-hydrogen) atoms. The maximum Gasteiger partial charge on any atom is 0.173 e. The minimum atomic E-state index is -2.97. The van der Waals surface area contributed by atoms with Gasteiger partial charge in [-0.2, -0.15) is 0 Å². The van der Waals surface area contributed by atoms with Crippen molar-refractivity contribution in [2.75, 3.05) is 23.7 Å². The molecule has 1 aromatic rings. The van der Waals surface area contributed by atoms with Gasteiger partial charge in [0.2, 0.25) is 0 Å². The van der Waals surface area contributed by atoms with Crippen LogP contribution in [0.4, 0.5) is 5.69 Å². The topological polar surface area (TPSA) is 49.4 Å². The van der Waals surface area contributed by atoms with E-state index in [0.29, 0.717) is 6.54 Å². The van der Waals surface area contributed by atoms with Crippen LogP contribution in [0.3, 0.4) is 0 Å². The van der Waals surface area contributed by atoms with Gasteiger partial charge in [0.05, 0.1) is 5.75 Å². The highest BCUT2D eigenvalue weighted by Crippen LogP contribution is 2.20. The summed E-state index contributed by atoms with van der Waals surface area (Å²) in [5.74, 6) is 0.179. The van der Waals surface area contributed by atoms with E-state index >= 15 is 0 Å². The van der Waals surface area contributed by atoms with E-state index in [-0.39, 0.29) is 11.8 Å².